The van der Waals surface area contributed by atoms with Crippen molar-refractivity contribution in [2.24, 2.45) is 0 Å². The van der Waals surface area contributed by atoms with Crippen molar-refractivity contribution in [3.8, 4) is 17.2 Å². The molecule has 0 bridgehead atoms. The molecule has 1 aromatic carbocycles. The van der Waals surface area contributed by atoms with Crippen molar-refractivity contribution in [3.05, 3.63) is 35.2 Å². The molecule has 1 aromatic heterocycles. The van der Waals surface area contributed by atoms with Crippen LogP contribution in [0, 0.1) is 6.92 Å². The van der Waals surface area contributed by atoms with E-state index in [1.807, 2.05) is 18.2 Å². The molecule has 1 aliphatic heterocycles. The highest BCUT2D eigenvalue weighted by Crippen LogP contribution is 2.31. The second-order valence-electron chi connectivity index (χ2n) is 4.57. The first kappa shape index (κ1) is 12.7. The lowest BCUT2D eigenvalue weighted by Gasteiger charge is -2.00. The van der Waals surface area contributed by atoms with E-state index in [-0.39, 0.29) is 5.76 Å². The van der Waals surface area contributed by atoms with E-state index in [1.165, 1.54) is 0 Å². The second kappa shape index (κ2) is 5.00. The molecular weight excluding hydrogens is 258 g/mol. The molecule has 0 saturated heterocycles. The summed E-state index contributed by atoms with van der Waals surface area (Å²) in [6.45, 7) is 4.50. The fourth-order valence-corrected chi connectivity index (χ4v) is 2.23. The normalized spacial score (nSPS) is 12.9. The number of esters is 1. The molecule has 0 unspecified atom stereocenters. The number of ether oxygens (including phenoxy) is 2. The molecule has 0 atom stereocenters. The molecule has 0 N–H and O–H groups in total. The van der Waals surface area contributed by atoms with Crippen molar-refractivity contribution in [2.45, 2.75) is 20.3 Å². The zero-order valence-corrected chi connectivity index (χ0v) is 11.4. The zero-order chi connectivity index (χ0) is 14.1. The number of nitrogens with zero attached hydrogens (tertiary/aromatic N) is 1. The Kier molecular flexibility index (Phi) is 3.18. The quantitative estimate of drug-likeness (QED) is 0.805. The van der Waals surface area contributed by atoms with Gasteiger partial charge in [-0.2, -0.15) is 0 Å². The maximum atomic E-state index is 11.7. The molecule has 3 rings (SSSR count). The standard InChI is InChI=1S/C15H15NO4/c1-3-18-15(17)13-9(2)16-14(20-13)11-4-5-12-10(8-11)6-7-19-12/h4-5,8H,3,6-7H2,1-2H3. The molecular formula is C15H15NO4. The SMILES string of the molecule is CCOC(=O)c1oc(-c2ccc3c(c2)CCO3)nc1C. The first-order chi connectivity index (χ1) is 9.69. The molecule has 1 aliphatic rings. The van der Waals surface area contributed by atoms with Gasteiger partial charge in [0, 0.05) is 12.0 Å². The van der Waals surface area contributed by atoms with Gasteiger partial charge in [0.15, 0.2) is 0 Å². The number of aromatic nitrogens is 1. The Morgan fingerprint density at radius 1 is 1.45 bits per heavy atom. The van der Waals surface area contributed by atoms with Crippen LogP contribution in [0.2, 0.25) is 0 Å². The van der Waals surface area contributed by atoms with Crippen LogP contribution >= 0.6 is 0 Å². The highest BCUT2D eigenvalue weighted by molar-refractivity contribution is 5.88. The van der Waals surface area contributed by atoms with Crippen molar-refractivity contribution in [2.75, 3.05) is 13.2 Å². The Labute approximate surface area is 116 Å². The number of hydrogen-bond acceptors (Lipinski definition) is 5. The highest BCUT2D eigenvalue weighted by atomic mass is 16.5. The molecule has 0 aliphatic carbocycles. The second-order valence-corrected chi connectivity index (χ2v) is 4.57. The van der Waals surface area contributed by atoms with E-state index >= 15 is 0 Å². The van der Waals surface area contributed by atoms with E-state index in [9.17, 15) is 4.79 Å². The molecule has 20 heavy (non-hydrogen) atoms. The van der Waals surface area contributed by atoms with Crippen molar-refractivity contribution in [1.29, 1.82) is 0 Å². The third-order valence-electron chi connectivity index (χ3n) is 3.19. The van der Waals surface area contributed by atoms with Crippen LogP contribution < -0.4 is 4.74 Å². The molecule has 2 aromatic rings. The summed E-state index contributed by atoms with van der Waals surface area (Å²) in [7, 11) is 0. The van der Waals surface area contributed by atoms with Crippen LogP contribution in [0.3, 0.4) is 0 Å². The number of rotatable bonds is 3. The van der Waals surface area contributed by atoms with E-state index in [0.717, 1.165) is 23.3 Å². The predicted molar refractivity (Wildman–Crippen MR) is 71.8 cm³/mol. The maximum Gasteiger partial charge on any atom is 0.376 e. The molecule has 0 fully saturated rings. The summed E-state index contributed by atoms with van der Waals surface area (Å²) in [5.74, 6) is 1.02. The Bertz CT molecular complexity index is 660. The van der Waals surface area contributed by atoms with Gasteiger partial charge in [0.2, 0.25) is 11.7 Å². The number of aryl methyl sites for hydroxylation is 1. The van der Waals surface area contributed by atoms with Crippen molar-refractivity contribution >= 4 is 5.97 Å². The molecule has 0 amide bonds. The average molecular weight is 273 g/mol. The summed E-state index contributed by atoms with van der Waals surface area (Å²) in [4.78, 5) is 16.0. The summed E-state index contributed by atoms with van der Waals surface area (Å²) in [6, 6.07) is 5.77. The monoisotopic (exact) mass is 273 g/mol. The van der Waals surface area contributed by atoms with Gasteiger partial charge in [-0.05, 0) is 37.6 Å². The van der Waals surface area contributed by atoms with Gasteiger partial charge in [-0.15, -0.1) is 0 Å². The number of oxazole rings is 1. The van der Waals surface area contributed by atoms with Gasteiger partial charge in [-0.3, -0.25) is 0 Å². The van der Waals surface area contributed by atoms with Gasteiger partial charge in [0.05, 0.1) is 18.9 Å². The highest BCUT2D eigenvalue weighted by Gasteiger charge is 2.20. The van der Waals surface area contributed by atoms with Crippen LogP contribution in [0.25, 0.3) is 11.5 Å². The number of hydrogen-bond donors (Lipinski definition) is 0. The predicted octanol–water partition coefficient (Wildman–Crippen LogP) is 2.76. The summed E-state index contributed by atoms with van der Waals surface area (Å²) in [5.41, 5.74) is 2.51. The lowest BCUT2D eigenvalue weighted by Crippen LogP contribution is -2.04. The minimum absolute atomic E-state index is 0.165. The van der Waals surface area contributed by atoms with E-state index in [0.29, 0.717) is 24.8 Å². The van der Waals surface area contributed by atoms with E-state index in [1.54, 1.807) is 13.8 Å². The lowest BCUT2D eigenvalue weighted by molar-refractivity contribution is 0.0490. The molecule has 5 nitrogen and oxygen atoms in total. The molecule has 0 saturated carbocycles. The summed E-state index contributed by atoms with van der Waals surface area (Å²) in [5, 5.41) is 0. The van der Waals surface area contributed by atoms with Gasteiger partial charge in [0.25, 0.3) is 0 Å². The van der Waals surface area contributed by atoms with E-state index in [2.05, 4.69) is 4.98 Å². The third kappa shape index (κ3) is 2.15. The largest absolute Gasteiger partial charge is 0.493 e. The van der Waals surface area contributed by atoms with Gasteiger partial charge in [-0.25, -0.2) is 9.78 Å². The van der Waals surface area contributed by atoms with Crippen LogP contribution in [-0.4, -0.2) is 24.2 Å². The Morgan fingerprint density at radius 3 is 3.10 bits per heavy atom. The number of benzene rings is 1. The summed E-state index contributed by atoms with van der Waals surface area (Å²) < 4.78 is 16.0. The first-order valence-corrected chi connectivity index (χ1v) is 6.59. The summed E-state index contributed by atoms with van der Waals surface area (Å²) in [6.07, 6.45) is 0.883. The molecule has 2 heterocycles. The van der Waals surface area contributed by atoms with Crippen molar-refractivity contribution in [1.82, 2.24) is 4.98 Å². The fourth-order valence-electron chi connectivity index (χ4n) is 2.23. The van der Waals surface area contributed by atoms with Crippen LogP contribution in [-0.2, 0) is 11.2 Å². The minimum atomic E-state index is -0.478. The first-order valence-electron chi connectivity index (χ1n) is 6.59. The zero-order valence-electron chi connectivity index (χ0n) is 11.4. The minimum Gasteiger partial charge on any atom is -0.493 e. The van der Waals surface area contributed by atoms with Crippen molar-refractivity contribution in [3.63, 3.8) is 0 Å². The Morgan fingerprint density at radius 2 is 2.30 bits per heavy atom. The lowest BCUT2D eigenvalue weighted by atomic mass is 10.1. The molecule has 5 heteroatoms. The van der Waals surface area contributed by atoms with Crippen LogP contribution in [0.1, 0.15) is 28.7 Å². The molecule has 0 spiro atoms. The number of carbonyl (C=O) groups excluding carboxylic acids is 1. The Balaban J connectivity index is 1.95. The van der Waals surface area contributed by atoms with E-state index in [4.69, 9.17) is 13.9 Å². The van der Waals surface area contributed by atoms with Crippen LogP contribution in [0.15, 0.2) is 22.6 Å². The van der Waals surface area contributed by atoms with Gasteiger partial charge in [0.1, 0.15) is 5.75 Å². The number of fused-ring (bicyclic) bond motifs is 1. The topological polar surface area (TPSA) is 61.6 Å². The van der Waals surface area contributed by atoms with Crippen LogP contribution in [0.4, 0.5) is 0 Å². The number of carbonyl (C=O) groups is 1. The maximum absolute atomic E-state index is 11.7. The van der Waals surface area contributed by atoms with Crippen molar-refractivity contribution < 1.29 is 18.7 Å². The average Bonchev–Trinajstić information content (AvgIpc) is 3.04. The van der Waals surface area contributed by atoms with Crippen LogP contribution in [0.5, 0.6) is 5.75 Å². The van der Waals surface area contributed by atoms with Gasteiger partial charge < -0.3 is 13.9 Å². The smallest absolute Gasteiger partial charge is 0.376 e. The molecule has 104 valence electrons. The van der Waals surface area contributed by atoms with E-state index < -0.39 is 5.97 Å². The van der Waals surface area contributed by atoms with Gasteiger partial charge in [-0.1, -0.05) is 0 Å². The third-order valence-corrected chi connectivity index (χ3v) is 3.19. The Hall–Kier alpha value is -2.30. The summed E-state index contributed by atoms with van der Waals surface area (Å²) >= 11 is 0. The molecule has 0 radical (unpaired) electrons. The van der Waals surface area contributed by atoms with Gasteiger partial charge >= 0.3 is 5.97 Å². The fraction of sp³-hybridized carbons (Fsp3) is 0.333.